The summed E-state index contributed by atoms with van der Waals surface area (Å²) < 4.78 is 16.7. The standard InChI is InChI=1S/C27H26O4/c1-27(2,3)20-10-12-21(13-11-20)30-17-19(26(28)29-4)15-18-9-14-25-23(16-18)22-7-5-6-8-24(22)31-25/h5-16H,17H2,1-4H3/b19-15+. The second-order valence-electron chi connectivity index (χ2n) is 8.58. The highest BCUT2D eigenvalue weighted by Crippen LogP contribution is 2.30. The Kier molecular flexibility index (Phi) is 5.55. The number of hydrogen-bond donors (Lipinski definition) is 0. The van der Waals surface area contributed by atoms with E-state index in [2.05, 4.69) is 32.9 Å². The van der Waals surface area contributed by atoms with Gasteiger partial charge in [0, 0.05) is 10.8 Å². The van der Waals surface area contributed by atoms with Crippen molar-refractivity contribution in [3.8, 4) is 5.75 Å². The molecule has 1 heterocycles. The Bertz CT molecular complexity index is 1250. The van der Waals surface area contributed by atoms with Crippen molar-refractivity contribution >= 4 is 34.0 Å². The van der Waals surface area contributed by atoms with Gasteiger partial charge < -0.3 is 13.9 Å². The highest BCUT2D eigenvalue weighted by atomic mass is 16.5. The van der Waals surface area contributed by atoms with Crippen LogP contribution in [-0.4, -0.2) is 19.7 Å². The number of esters is 1. The van der Waals surface area contributed by atoms with E-state index in [0.29, 0.717) is 11.3 Å². The van der Waals surface area contributed by atoms with Crippen molar-refractivity contribution in [2.75, 3.05) is 13.7 Å². The summed E-state index contributed by atoms with van der Waals surface area (Å²) in [6.45, 7) is 6.62. The average Bonchev–Trinajstić information content (AvgIpc) is 3.13. The Balaban J connectivity index is 1.60. The van der Waals surface area contributed by atoms with Gasteiger partial charge in [-0.3, -0.25) is 0 Å². The molecule has 0 fully saturated rings. The fraction of sp³-hybridized carbons (Fsp3) is 0.222. The first kappa shape index (κ1) is 20.7. The molecule has 1 aromatic heterocycles. The summed E-state index contributed by atoms with van der Waals surface area (Å²) in [4.78, 5) is 12.4. The van der Waals surface area contributed by atoms with E-state index in [4.69, 9.17) is 13.9 Å². The van der Waals surface area contributed by atoms with E-state index in [0.717, 1.165) is 27.5 Å². The highest BCUT2D eigenvalue weighted by Gasteiger charge is 2.15. The van der Waals surface area contributed by atoms with Crippen LogP contribution in [0.1, 0.15) is 31.9 Å². The number of ether oxygens (including phenoxy) is 2. The lowest BCUT2D eigenvalue weighted by atomic mass is 9.87. The van der Waals surface area contributed by atoms with E-state index >= 15 is 0 Å². The number of furan rings is 1. The molecule has 0 bridgehead atoms. The van der Waals surface area contributed by atoms with Gasteiger partial charge >= 0.3 is 5.97 Å². The van der Waals surface area contributed by atoms with Gasteiger partial charge in [0.05, 0.1) is 12.7 Å². The van der Waals surface area contributed by atoms with Crippen LogP contribution in [0.5, 0.6) is 5.75 Å². The lowest BCUT2D eigenvalue weighted by molar-refractivity contribution is -0.136. The van der Waals surface area contributed by atoms with Crippen molar-refractivity contribution in [3.63, 3.8) is 0 Å². The zero-order valence-corrected chi connectivity index (χ0v) is 18.3. The number of carbonyl (C=O) groups is 1. The molecule has 0 saturated carbocycles. The van der Waals surface area contributed by atoms with Crippen LogP contribution in [-0.2, 0) is 14.9 Å². The second-order valence-corrected chi connectivity index (χ2v) is 8.58. The molecule has 158 valence electrons. The molecule has 0 atom stereocenters. The molecule has 0 N–H and O–H groups in total. The molecule has 4 nitrogen and oxygen atoms in total. The van der Waals surface area contributed by atoms with Crippen LogP contribution in [0.4, 0.5) is 0 Å². The van der Waals surface area contributed by atoms with Gasteiger partial charge in [-0.05, 0) is 52.9 Å². The van der Waals surface area contributed by atoms with E-state index in [-0.39, 0.29) is 12.0 Å². The number of carbonyl (C=O) groups excluding carboxylic acids is 1. The maximum absolute atomic E-state index is 12.4. The minimum Gasteiger partial charge on any atom is -0.489 e. The van der Waals surface area contributed by atoms with Gasteiger partial charge in [0.1, 0.15) is 23.5 Å². The van der Waals surface area contributed by atoms with Crippen LogP contribution in [0.15, 0.2) is 76.7 Å². The minimum absolute atomic E-state index is 0.0749. The lowest BCUT2D eigenvalue weighted by Crippen LogP contribution is -2.13. The van der Waals surface area contributed by atoms with Gasteiger partial charge in [0.2, 0.25) is 0 Å². The van der Waals surface area contributed by atoms with E-state index in [1.54, 1.807) is 6.08 Å². The SMILES string of the molecule is COC(=O)/C(=C/c1ccc2oc3ccccc3c2c1)COc1ccc(C(C)(C)C)cc1. The Hall–Kier alpha value is -3.53. The minimum atomic E-state index is -0.413. The summed E-state index contributed by atoms with van der Waals surface area (Å²) in [7, 11) is 1.38. The quantitative estimate of drug-likeness (QED) is 0.276. The topological polar surface area (TPSA) is 48.7 Å². The number of methoxy groups -OCH3 is 1. The number of rotatable bonds is 5. The van der Waals surface area contributed by atoms with Crippen molar-refractivity contribution in [3.05, 3.63) is 83.4 Å². The summed E-state index contributed by atoms with van der Waals surface area (Å²) in [6.07, 6.45) is 1.80. The maximum Gasteiger partial charge on any atom is 0.337 e. The van der Waals surface area contributed by atoms with Gasteiger partial charge in [-0.15, -0.1) is 0 Å². The molecule has 0 spiro atoms. The fourth-order valence-corrected chi connectivity index (χ4v) is 3.54. The van der Waals surface area contributed by atoms with E-state index < -0.39 is 5.97 Å². The Morgan fingerprint density at radius 3 is 2.35 bits per heavy atom. The molecular weight excluding hydrogens is 388 g/mol. The predicted molar refractivity (Wildman–Crippen MR) is 124 cm³/mol. The van der Waals surface area contributed by atoms with Gasteiger partial charge in [0.15, 0.2) is 0 Å². The second kappa shape index (κ2) is 8.31. The molecule has 3 aromatic carbocycles. The molecule has 0 aliphatic carbocycles. The molecule has 0 radical (unpaired) electrons. The maximum atomic E-state index is 12.4. The van der Waals surface area contributed by atoms with Crippen LogP contribution in [0.3, 0.4) is 0 Å². The van der Waals surface area contributed by atoms with E-state index in [1.165, 1.54) is 12.7 Å². The first-order valence-corrected chi connectivity index (χ1v) is 10.3. The van der Waals surface area contributed by atoms with Gasteiger partial charge in [-0.1, -0.05) is 57.2 Å². The molecule has 31 heavy (non-hydrogen) atoms. The van der Waals surface area contributed by atoms with Crippen molar-refractivity contribution < 1.29 is 18.7 Å². The fourth-order valence-electron chi connectivity index (χ4n) is 3.54. The Morgan fingerprint density at radius 2 is 1.65 bits per heavy atom. The summed E-state index contributed by atoms with van der Waals surface area (Å²) >= 11 is 0. The molecule has 4 rings (SSSR count). The molecule has 0 unspecified atom stereocenters. The summed E-state index contributed by atoms with van der Waals surface area (Å²) in [6, 6.07) is 21.7. The Morgan fingerprint density at radius 1 is 0.935 bits per heavy atom. The van der Waals surface area contributed by atoms with Gasteiger partial charge in [-0.2, -0.15) is 0 Å². The zero-order valence-electron chi connectivity index (χ0n) is 18.3. The molecule has 0 aliphatic heterocycles. The van der Waals surface area contributed by atoms with Crippen molar-refractivity contribution in [1.82, 2.24) is 0 Å². The Labute approximate surface area is 182 Å². The summed E-state index contributed by atoms with van der Waals surface area (Å²) in [5, 5.41) is 2.05. The summed E-state index contributed by atoms with van der Waals surface area (Å²) in [5.41, 5.74) is 4.28. The van der Waals surface area contributed by atoms with Gasteiger partial charge in [0.25, 0.3) is 0 Å². The van der Waals surface area contributed by atoms with Crippen LogP contribution < -0.4 is 4.74 Å². The third kappa shape index (κ3) is 4.48. The monoisotopic (exact) mass is 414 g/mol. The van der Waals surface area contributed by atoms with Crippen LogP contribution in [0.2, 0.25) is 0 Å². The molecule has 4 aromatic rings. The number of benzene rings is 3. The van der Waals surface area contributed by atoms with Gasteiger partial charge in [-0.25, -0.2) is 4.79 Å². The van der Waals surface area contributed by atoms with Crippen molar-refractivity contribution in [2.45, 2.75) is 26.2 Å². The smallest absolute Gasteiger partial charge is 0.337 e. The first-order valence-electron chi connectivity index (χ1n) is 10.3. The van der Waals surface area contributed by atoms with E-state index in [9.17, 15) is 4.79 Å². The summed E-state index contributed by atoms with van der Waals surface area (Å²) in [5.74, 6) is 0.294. The van der Waals surface area contributed by atoms with Crippen molar-refractivity contribution in [2.24, 2.45) is 0 Å². The van der Waals surface area contributed by atoms with Crippen LogP contribution >= 0.6 is 0 Å². The third-order valence-electron chi connectivity index (χ3n) is 5.30. The highest BCUT2D eigenvalue weighted by molar-refractivity contribution is 6.05. The molecule has 0 saturated heterocycles. The zero-order chi connectivity index (χ0) is 22.0. The first-order chi connectivity index (χ1) is 14.8. The number of hydrogen-bond acceptors (Lipinski definition) is 4. The normalized spacial score (nSPS) is 12.3. The molecule has 0 aliphatic rings. The van der Waals surface area contributed by atoms with E-state index in [1.807, 2.05) is 54.6 Å². The number of fused-ring (bicyclic) bond motifs is 3. The average molecular weight is 415 g/mol. The third-order valence-corrected chi connectivity index (χ3v) is 5.30. The van der Waals surface area contributed by atoms with Crippen molar-refractivity contribution in [1.29, 1.82) is 0 Å². The molecular formula is C27H26O4. The predicted octanol–water partition coefficient (Wildman–Crippen LogP) is 6.52. The van der Waals surface area contributed by atoms with Crippen LogP contribution in [0.25, 0.3) is 28.0 Å². The molecule has 4 heteroatoms. The van der Waals surface area contributed by atoms with Crippen LogP contribution in [0, 0.1) is 0 Å². The molecule has 0 amide bonds. The lowest BCUT2D eigenvalue weighted by Gasteiger charge is -2.19. The largest absolute Gasteiger partial charge is 0.489 e. The number of para-hydroxylation sites is 1.